The van der Waals surface area contributed by atoms with Gasteiger partial charge >= 0.3 is 15.5 Å². The van der Waals surface area contributed by atoms with E-state index < -0.39 is 15.5 Å². The molecule has 184 valence electrons. The lowest BCUT2D eigenvalue weighted by molar-refractivity contribution is -0.0487. The third-order valence-electron chi connectivity index (χ3n) is 5.65. The highest BCUT2D eigenvalue weighted by atomic mass is 35.5. The highest BCUT2D eigenvalue weighted by Gasteiger charge is 2.50. The molecule has 1 aliphatic rings. The average Bonchev–Trinajstić information content (AvgIpc) is 3.05. The van der Waals surface area contributed by atoms with Gasteiger partial charge in [-0.1, -0.05) is 11.6 Å². The number of hydrogen-bond acceptors (Lipinski definition) is 6. The first-order valence-electron chi connectivity index (χ1n) is 10.3. The average molecular weight is 519 g/mol. The second kappa shape index (κ2) is 9.16. The fourth-order valence-corrected chi connectivity index (χ4v) is 5.12. The molecule has 0 saturated carbocycles. The number of benzene rings is 1. The van der Waals surface area contributed by atoms with E-state index in [1.165, 1.54) is 14.2 Å². The Morgan fingerprint density at radius 1 is 1.03 bits per heavy atom. The van der Waals surface area contributed by atoms with Crippen LogP contribution in [0.15, 0.2) is 36.7 Å². The van der Waals surface area contributed by atoms with Gasteiger partial charge in [-0.15, -0.1) is 0 Å². The monoisotopic (exact) mass is 518 g/mol. The fourth-order valence-electron chi connectivity index (χ4n) is 3.90. The van der Waals surface area contributed by atoms with Gasteiger partial charge in [0, 0.05) is 62.0 Å². The van der Waals surface area contributed by atoms with Crippen molar-refractivity contribution in [1.29, 1.82) is 0 Å². The molecule has 8 nitrogen and oxygen atoms in total. The molecule has 0 aliphatic carbocycles. The zero-order chi connectivity index (χ0) is 24.7. The lowest BCUT2D eigenvalue weighted by Crippen LogP contribution is -2.42. The molecule has 34 heavy (non-hydrogen) atoms. The number of methoxy groups -OCH3 is 2. The van der Waals surface area contributed by atoms with Gasteiger partial charge in [0.1, 0.15) is 17.1 Å². The number of fused-ring (bicyclic) bond motifs is 1. The maximum atomic E-state index is 12.9. The van der Waals surface area contributed by atoms with Crippen LogP contribution < -0.4 is 14.4 Å². The maximum Gasteiger partial charge on any atom is 0.511 e. The van der Waals surface area contributed by atoms with Crippen LogP contribution in [0.2, 0.25) is 5.02 Å². The minimum Gasteiger partial charge on any atom is -0.496 e. The van der Waals surface area contributed by atoms with Crippen molar-refractivity contribution in [2.75, 3.05) is 45.3 Å². The van der Waals surface area contributed by atoms with Crippen LogP contribution in [-0.2, 0) is 10.0 Å². The number of nitrogens with zero attached hydrogens (tertiary/aromatic N) is 4. The summed E-state index contributed by atoms with van der Waals surface area (Å²) in [7, 11) is -2.31. The van der Waals surface area contributed by atoms with Crippen molar-refractivity contribution in [2.24, 2.45) is 0 Å². The van der Waals surface area contributed by atoms with Crippen LogP contribution in [0.1, 0.15) is 6.42 Å². The van der Waals surface area contributed by atoms with Crippen molar-refractivity contribution in [3.05, 3.63) is 41.7 Å². The summed E-state index contributed by atoms with van der Waals surface area (Å²) in [4.78, 5) is 6.51. The lowest BCUT2D eigenvalue weighted by atomic mass is 10.1. The van der Waals surface area contributed by atoms with Crippen molar-refractivity contribution in [3.8, 4) is 22.8 Å². The molecule has 0 bridgehead atoms. The Bertz CT molecular complexity index is 1310. The van der Waals surface area contributed by atoms with Crippen molar-refractivity contribution >= 4 is 33.0 Å². The zero-order valence-corrected chi connectivity index (χ0v) is 19.9. The highest BCUT2D eigenvalue weighted by molar-refractivity contribution is 7.90. The molecule has 2 aromatic heterocycles. The fraction of sp³-hybridized carbons (Fsp3) is 0.381. The molecule has 4 rings (SSSR count). The van der Waals surface area contributed by atoms with Crippen molar-refractivity contribution in [3.63, 3.8) is 0 Å². The molecule has 0 atom stereocenters. The van der Waals surface area contributed by atoms with Crippen LogP contribution in [0.5, 0.6) is 11.5 Å². The summed E-state index contributed by atoms with van der Waals surface area (Å²) in [5, 5.41) is 0.402. The van der Waals surface area contributed by atoms with E-state index in [9.17, 15) is 21.6 Å². The smallest absolute Gasteiger partial charge is 0.496 e. The summed E-state index contributed by atoms with van der Waals surface area (Å²) in [5.74, 6) is 0.999. The number of ether oxygens (including phenoxy) is 2. The molecule has 13 heteroatoms. The summed E-state index contributed by atoms with van der Waals surface area (Å²) in [6.45, 7) is 0.0941. The Balaban J connectivity index is 1.61. The molecule has 0 radical (unpaired) electrons. The molecule has 0 N–H and O–H groups in total. The van der Waals surface area contributed by atoms with Gasteiger partial charge in [-0.05, 0) is 18.6 Å². The minimum atomic E-state index is -5.35. The van der Waals surface area contributed by atoms with E-state index in [0.29, 0.717) is 44.3 Å². The Hall–Kier alpha value is -2.70. The third kappa shape index (κ3) is 4.49. The number of hydrogen-bond donors (Lipinski definition) is 0. The van der Waals surface area contributed by atoms with Crippen molar-refractivity contribution < 1.29 is 31.1 Å². The van der Waals surface area contributed by atoms with Gasteiger partial charge in [-0.25, -0.2) is 13.4 Å². The van der Waals surface area contributed by atoms with E-state index in [1.807, 2.05) is 11.0 Å². The second-order valence-corrected chi connectivity index (χ2v) is 9.99. The van der Waals surface area contributed by atoms with E-state index in [0.717, 1.165) is 5.69 Å². The van der Waals surface area contributed by atoms with Gasteiger partial charge in [0.05, 0.1) is 24.9 Å². The highest BCUT2D eigenvalue weighted by Crippen LogP contribution is 2.38. The quantitative estimate of drug-likeness (QED) is 0.507. The molecule has 3 aromatic rings. The number of sulfonamides is 1. The Kier molecular flexibility index (Phi) is 6.58. The summed E-state index contributed by atoms with van der Waals surface area (Å²) in [5.41, 5.74) is -2.70. The van der Waals surface area contributed by atoms with Gasteiger partial charge in [0.15, 0.2) is 0 Å². The number of rotatable bonds is 5. The van der Waals surface area contributed by atoms with Gasteiger partial charge in [-0.3, -0.25) is 0 Å². The lowest BCUT2D eigenvalue weighted by Gasteiger charge is -2.24. The maximum absolute atomic E-state index is 12.9. The van der Waals surface area contributed by atoms with Crippen LogP contribution in [0, 0.1) is 0 Å². The molecule has 0 amide bonds. The van der Waals surface area contributed by atoms with Gasteiger partial charge in [0.25, 0.3) is 0 Å². The predicted octanol–water partition coefficient (Wildman–Crippen LogP) is 4.03. The van der Waals surface area contributed by atoms with Gasteiger partial charge in [0.2, 0.25) is 0 Å². The predicted molar refractivity (Wildman–Crippen MR) is 122 cm³/mol. The number of imidazole rings is 1. The standard InChI is InChI=1S/C21H22ClF3N4O4S/c1-32-18-12-19(33-2)16(22)11-15(18)17-13-28-7-4-14(10-20(28)26-17)27-5-3-6-29(9-8-27)34(30,31)21(23,24)25/h4,7,10-13H,3,5-6,8-9H2,1-2H3. The molecule has 0 unspecified atom stereocenters. The Morgan fingerprint density at radius 2 is 1.76 bits per heavy atom. The molecular weight excluding hydrogens is 497 g/mol. The SMILES string of the molecule is COc1cc(OC)c(-c2cn3ccc(N4CCCN(S(=O)(=O)C(F)(F)F)CC4)cc3n2)cc1Cl. The minimum absolute atomic E-state index is 0.126. The first-order valence-corrected chi connectivity index (χ1v) is 12.1. The van der Waals surface area contributed by atoms with Crippen molar-refractivity contribution in [1.82, 2.24) is 13.7 Å². The topological polar surface area (TPSA) is 76.4 Å². The van der Waals surface area contributed by atoms with E-state index in [-0.39, 0.29) is 26.1 Å². The van der Waals surface area contributed by atoms with E-state index in [4.69, 9.17) is 21.1 Å². The van der Waals surface area contributed by atoms with Crippen LogP contribution in [0.3, 0.4) is 0 Å². The Morgan fingerprint density at radius 3 is 2.44 bits per heavy atom. The Labute approximate surface area is 199 Å². The first-order chi connectivity index (χ1) is 16.0. The molecule has 1 fully saturated rings. The summed E-state index contributed by atoms with van der Waals surface area (Å²) in [6, 6.07) is 6.98. The van der Waals surface area contributed by atoms with E-state index in [2.05, 4.69) is 4.98 Å². The normalized spacial score (nSPS) is 16.0. The summed E-state index contributed by atoms with van der Waals surface area (Å²) >= 11 is 6.28. The first kappa shape index (κ1) is 24.4. The number of aromatic nitrogens is 2. The largest absolute Gasteiger partial charge is 0.511 e. The van der Waals surface area contributed by atoms with Gasteiger partial charge in [-0.2, -0.15) is 17.5 Å². The molecule has 1 saturated heterocycles. The number of halogens is 4. The molecular formula is C21H22ClF3N4O4S. The van der Waals surface area contributed by atoms with Gasteiger partial charge < -0.3 is 18.8 Å². The number of alkyl halides is 3. The number of anilines is 1. The van der Waals surface area contributed by atoms with Crippen LogP contribution in [-0.4, -0.2) is 68.0 Å². The summed E-state index contributed by atoms with van der Waals surface area (Å²) < 4.78 is 75.3. The summed E-state index contributed by atoms with van der Waals surface area (Å²) in [6.07, 6.45) is 3.86. The number of pyridine rings is 1. The van der Waals surface area contributed by atoms with Crippen LogP contribution in [0.4, 0.5) is 18.9 Å². The second-order valence-electron chi connectivity index (χ2n) is 7.65. The van der Waals surface area contributed by atoms with Crippen LogP contribution >= 0.6 is 11.6 Å². The molecule has 3 heterocycles. The zero-order valence-electron chi connectivity index (χ0n) is 18.3. The van der Waals surface area contributed by atoms with E-state index in [1.54, 1.807) is 35.0 Å². The van der Waals surface area contributed by atoms with Crippen molar-refractivity contribution in [2.45, 2.75) is 11.9 Å². The molecule has 0 spiro atoms. The van der Waals surface area contributed by atoms with E-state index >= 15 is 0 Å². The third-order valence-corrected chi connectivity index (χ3v) is 7.57. The molecule has 1 aromatic carbocycles. The van der Waals surface area contributed by atoms with Crippen LogP contribution in [0.25, 0.3) is 16.9 Å². The molecule has 1 aliphatic heterocycles.